The number of ether oxygens (including phenoxy) is 1. The third-order valence-corrected chi connectivity index (χ3v) is 6.75. The maximum Gasteiger partial charge on any atom is 0.338 e. The number of aryl methyl sites for hydroxylation is 1. The zero-order valence-corrected chi connectivity index (χ0v) is 19.6. The summed E-state index contributed by atoms with van der Waals surface area (Å²) in [7, 11) is 0. The van der Waals surface area contributed by atoms with Gasteiger partial charge in [0.2, 0.25) is 5.13 Å². The fourth-order valence-corrected chi connectivity index (χ4v) is 4.97. The molecular weight excluding hydrogens is 448 g/mol. The van der Waals surface area contributed by atoms with Crippen molar-refractivity contribution in [3.63, 3.8) is 0 Å². The van der Waals surface area contributed by atoms with Crippen molar-refractivity contribution in [1.29, 1.82) is 0 Å². The number of hydrogen-bond donors (Lipinski definition) is 1. The number of carboxylic acid groups (broad SMARTS) is 1. The Morgan fingerprint density at radius 1 is 1.09 bits per heavy atom. The van der Waals surface area contributed by atoms with Crippen LogP contribution in [0.2, 0.25) is 0 Å². The summed E-state index contributed by atoms with van der Waals surface area (Å²) in [5, 5.41) is 18.9. The molecule has 0 bridgehead atoms. The SMILES string of the molecule is CCN1CCCCc2cc(N=Nc3nc4ccc(Oc5ccccc5)cc4s3)c(C(=O)O)cc21. The molecule has 3 aromatic carbocycles. The number of carboxylic acids is 1. The molecule has 0 aliphatic carbocycles. The molecule has 0 atom stereocenters. The first-order valence-corrected chi connectivity index (χ1v) is 12.1. The monoisotopic (exact) mass is 472 g/mol. The van der Waals surface area contributed by atoms with Crippen LogP contribution in [-0.2, 0) is 6.42 Å². The van der Waals surface area contributed by atoms with E-state index in [1.807, 2.05) is 54.6 Å². The van der Waals surface area contributed by atoms with Crippen molar-refractivity contribution in [1.82, 2.24) is 4.98 Å². The predicted octanol–water partition coefficient (Wildman–Crippen LogP) is 7.36. The third kappa shape index (κ3) is 4.63. The minimum atomic E-state index is -1.01. The van der Waals surface area contributed by atoms with Crippen LogP contribution in [0.15, 0.2) is 70.9 Å². The molecule has 0 unspecified atom stereocenters. The minimum absolute atomic E-state index is 0.155. The van der Waals surface area contributed by atoms with Gasteiger partial charge < -0.3 is 14.7 Å². The Kier molecular flexibility index (Phi) is 6.22. The Balaban J connectivity index is 1.44. The molecule has 0 spiro atoms. The summed E-state index contributed by atoms with van der Waals surface area (Å²) >= 11 is 1.38. The molecule has 0 saturated heterocycles. The van der Waals surface area contributed by atoms with Gasteiger partial charge in [0.15, 0.2) is 0 Å². The number of rotatable bonds is 6. The number of aromatic carboxylic acids is 1. The topological polar surface area (TPSA) is 87.4 Å². The van der Waals surface area contributed by atoms with Crippen molar-refractivity contribution in [2.45, 2.75) is 26.2 Å². The van der Waals surface area contributed by atoms with E-state index in [1.165, 1.54) is 11.3 Å². The molecule has 0 radical (unpaired) electrons. The van der Waals surface area contributed by atoms with E-state index in [4.69, 9.17) is 4.74 Å². The molecule has 7 nitrogen and oxygen atoms in total. The van der Waals surface area contributed by atoms with Gasteiger partial charge in [0.25, 0.3) is 0 Å². The van der Waals surface area contributed by atoms with E-state index in [2.05, 4.69) is 27.0 Å². The molecule has 8 heteroatoms. The lowest BCUT2D eigenvalue weighted by molar-refractivity contribution is 0.0697. The summed E-state index contributed by atoms with van der Waals surface area (Å²) in [6, 6.07) is 18.9. The molecule has 2 heterocycles. The number of aromatic nitrogens is 1. The van der Waals surface area contributed by atoms with E-state index in [9.17, 15) is 9.90 Å². The predicted molar refractivity (Wildman–Crippen MR) is 135 cm³/mol. The Labute approximate surface area is 201 Å². The van der Waals surface area contributed by atoms with E-state index >= 15 is 0 Å². The van der Waals surface area contributed by atoms with Crippen LogP contribution in [0.1, 0.15) is 35.7 Å². The summed E-state index contributed by atoms with van der Waals surface area (Å²) in [4.78, 5) is 18.7. The van der Waals surface area contributed by atoms with Gasteiger partial charge in [-0.1, -0.05) is 29.5 Å². The van der Waals surface area contributed by atoms with Crippen LogP contribution in [0, 0.1) is 0 Å². The molecular formula is C26H24N4O3S. The van der Waals surface area contributed by atoms with Gasteiger partial charge >= 0.3 is 5.97 Å². The molecule has 34 heavy (non-hydrogen) atoms. The lowest BCUT2D eigenvalue weighted by Gasteiger charge is -2.23. The van der Waals surface area contributed by atoms with Crippen molar-refractivity contribution in [3.8, 4) is 11.5 Å². The Morgan fingerprint density at radius 2 is 1.94 bits per heavy atom. The molecule has 5 rings (SSSR count). The number of anilines is 1. The van der Waals surface area contributed by atoms with Crippen LogP contribution >= 0.6 is 11.3 Å². The first kappa shape index (κ1) is 22.0. The summed E-state index contributed by atoms with van der Waals surface area (Å²) in [5.41, 5.74) is 3.41. The molecule has 172 valence electrons. The first-order chi connectivity index (χ1) is 16.6. The lowest BCUT2D eigenvalue weighted by Crippen LogP contribution is -2.23. The second kappa shape index (κ2) is 9.61. The van der Waals surface area contributed by atoms with Gasteiger partial charge in [0.05, 0.1) is 15.8 Å². The fourth-order valence-electron chi connectivity index (χ4n) is 4.16. The highest BCUT2D eigenvalue weighted by atomic mass is 32.1. The number of benzene rings is 3. The fraction of sp³-hybridized carbons (Fsp3) is 0.231. The van der Waals surface area contributed by atoms with Gasteiger partial charge in [0, 0.05) is 24.8 Å². The second-order valence-corrected chi connectivity index (χ2v) is 9.09. The van der Waals surface area contributed by atoms with Crippen molar-refractivity contribution in [2.75, 3.05) is 18.0 Å². The molecule has 1 N–H and O–H groups in total. The number of para-hydroxylation sites is 1. The smallest absolute Gasteiger partial charge is 0.338 e. The Bertz CT molecular complexity index is 1370. The first-order valence-electron chi connectivity index (χ1n) is 11.3. The van der Waals surface area contributed by atoms with Gasteiger partial charge in [-0.2, -0.15) is 0 Å². The number of thiazole rings is 1. The van der Waals surface area contributed by atoms with Crippen LogP contribution in [-0.4, -0.2) is 29.1 Å². The number of fused-ring (bicyclic) bond motifs is 2. The summed E-state index contributed by atoms with van der Waals surface area (Å²) in [6.45, 7) is 3.87. The van der Waals surface area contributed by atoms with Crippen LogP contribution in [0.5, 0.6) is 11.5 Å². The molecule has 1 aliphatic heterocycles. The van der Waals surface area contributed by atoms with Gasteiger partial charge in [-0.05, 0) is 68.1 Å². The molecule has 0 saturated carbocycles. The van der Waals surface area contributed by atoms with Gasteiger partial charge in [-0.25, -0.2) is 9.78 Å². The average Bonchev–Trinajstić information content (AvgIpc) is 3.14. The van der Waals surface area contributed by atoms with Crippen molar-refractivity contribution in [2.24, 2.45) is 10.2 Å². The zero-order chi connectivity index (χ0) is 23.5. The number of azo groups is 1. The highest BCUT2D eigenvalue weighted by molar-refractivity contribution is 7.21. The van der Waals surface area contributed by atoms with Crippen molar-refractivity contribution in [3.05, 3.63) is 71.8 Å². The molecule has 1 aliphatic rings. The van der Waals surface area contributed by atoms with Gasteiger partial charge in [-0.15, -0.1) is 10.2 Å². The summed E-state index contributed by atoms with van der Waals surface area (Å²) in [6.07, 6.45) is 3.06. The standard InChI is InChI=1S/C26H24N4O3S/c1-2-30-13-7-6-8-17-14-22(20(25(31)32)16-23(17)30)28-29-26-27-21-12-11-19(15-24(21)34-26)33-18-9-4-3-5-10-18/h3-5,9-12,14-16H,2,6-8,13H2,1H3,(H,31,32). The quantitative estimate of drug-likeness (QED) is 0.296. The average molecular weight is 473 g/mol. The van der Waals surface area contributed by atoms with Gasteiger partial charge in [-0.3, -0.25) is 0 Å². The third-order valence-electron chi connectivity index (χ3n) is 5.84. The molecule has 0 fully saturated rings. The van der Waals surface area contributed by atoms with Gasteiger partial charge in [0.1, 0.15) is 17.2 Å². The van der Waals surface area contributed by atoms with E-state index in [0.29, 0.717) is 16.6 Å². The lowest BCUT2D eigenvalue weighted by atomic mass is 10.0. The normalized spacial score (nSPS) is 13.7. The maximum absolute atomic E-state index is 12.0. The second-order valence-electron chi connectivity index (χ2n) is 8.08. The highest BCUT2D eigenvalue weighted by Gasteiger charge is 2.20. The van der Waals surface area contributed by atoms with Crippen LogP contribution < -0.4 is 9.64 Å². The zero-order valence-electron chi connectivity index (χ0n) is 18.8. The van der Waals surface area contributed by atoms with E-state index in [0.717, 1.165) is 59.6 Å². The largest absolute Gasteiger partial charge is 0.478 e. The number of carbonyl (C=O) groups is 1. The Morgan fingerprint density at radius 3 is 2.74 bits per heavy atom. The highest BCUT2D eigenvalue weighted by Crippen LogP contribution is 2.36. The Hall–Kier alpha value is -3.78. The van der Waals surface area contributed by atoms with Crippen molar-refractivity contribution >= 4 is 44.0 Å². The van der Waals surface area contributed by atoms with E-state index < -0.39 is 5.97 Å². The summed E-state index contributed by atoms with van der Waals surface area (Å²) < 4.78 is 6.82. The molecule has 4 aromatic rings. The van der Waals surface area contributed by atoms with Crippen LogP contribution in [0.3, 0.4) is 0 Å². The number of nitrogens with zero attached hydrogens (tertiary/aromatic N) is 4. The van der Waals surface area contributed by atoms with Crippen molar-refractivity contribution < 1.29 is 14.6 Å². The summed E-state index contributed by atoms with van der Waals surface area (Å²) in [5.74, 6) is 0.464. The molecule has 0 amide bonds. The van der Waals surface area contributed by atoms with E-state index in [1.54, 1.807) is 6.07 Å². The molecule has 1 aromatic heterocycles. The maximum atomic E-state index is 12.0. The van der Waals surface area contributed by atoms with Crippen LogP contribution in [0.4, 0.5) is 16.5 Å². The number of hydrogen-bond acceptors (Lipinski definition) is 7. The minimum Gasteiger partial charge on any atom is -0.478 e. The van der Waals surface area contributed by atoms with Crippen LogP contribution in [0.25, 0.3) is 10.2 Å². The van der Waals surface area contributed by atoms with E-state index in [-0.39, 0.29) is 5.56 Å².